The number of nitro benzene ring substituents is 1. The lowest BCUT2D eigenvalue weighted by Crippen LogP contribution is -2.60. The van der Waals surface area contributed by atoms with Crippen LogP contribution in [0.15, 0.2) is 107 Å². The fourth-order valence-corrected chi connectivity index (χ4v) is 13.1. The maximum atomic E-state index is 16.7. The summed E-state index contributed by atoms with van der Waals surface area (Å²) in [6, 6.07) is 21.3. The van der Waals surface area contributed by atoms with Crippen LogP contribution in [0.1, 0.15) is 91.4 Å². The number of piperazine rings is 1. The second-order valence-corrected chi connectivity index (χ2v) is 22.9. The van der Waals surface area contributed by atoms with Crippen LogP contribution in [0.3, 0.4) is 0 Å². The molecule has 7 aromatic rings. The molecule has 3 aliphatic heterocycles. The highest BCUT2D eigenvalue weighted by Gasteiger charge is 2.50. The zero-order valence-electron chi connectivity index (χ0n) is 43.1. The first-order chi connectivity index (χ1) is 37.1. The van der Waals surface area contributed by atoms with Crippen molar-refractivity contribution in [2.45, 2.75) is 87.5 Å². The number of H-pyrrole nitrogens is 1. The number of amides is 1. The Bertz CT molecular complexity index is 3440. The molecule has 404 valence electrons. The summed E-state index contributed by atoms with van der Waals surface area (Å²) in [7, 11) is -3.32. The van der Waals surface area contributed by atoms with Crippen molar-refractivity contribution in [3.05, 3.63) is 136 Å². The minimum Gasteiger partial charge on any atom is -0.481 e. The highest BCUT2D eigenvalue weighted by Crippen LogP contribution is 2.54. The summed E-state index contributed by atoms with van der Waals surface area (Å²) in [6.07, 6.45) is 9.94. The van der Waals surface area contributed by atoms with E-state index in [-0.39, 0.29) is 77.9 Å². The number of carbonyl (C=O) groups is 1. The molecule has 21 heteroatoms. The average Bonchev–Trinajstić information content (AvgIpc) is 4.19. The number of carbonyl (C=O) groups excluding carboxylic acids is 1. The van der Waals surface area contributed by atoms with Crippen LogP contribution in [0.4, 0.5) is 25.8 Å². The molecule has 1 spiro atoms. The number of benzene rings is 3. The molecule has 1 amide bonds. The number of methoxy groups -OCH3 is 1. The predicted octanol–water partition coefficient (Wildman–Crippen LogP) is 10.0. The van der Waals surface area contributed by atoms with Gasteiger partial charge < -0.3 is 33.8 Å². The van der Waals surface area contributed by atoms with Crippen molar-refractivity contribution in [2.75, 3.05) is 69.8 Å². The number of hydrogen-bond acceptors (Lipinski definition) is 15. The first-order valence-corrected chi connectivity index (χ1v) is 27.6. The van der Waals surface area contributed by atoms with Crippen LogP contribution in [-0.2, 0) is 21.3 Å². The van der Waals surface area contributed by atoms with Crippen LogP contribution in [0.5, 0.6) is 17.4 Å². The van der Waals surface area contributed by atoms with Gasteiger partial charge in [-0.3, -0.25) is 24.7 Å². The Kier molecular flexibility index (Phi) is 14.1. The molecule has 4 fully saturated rings. The van der Waals surface area contributed by atoms with Crippen molar-refractivity contribution in [1.82, 2.24) is 29.5 Å². The van der Waals surface area contributed by atoms with Crippen LogP contribution < -0.4 is 24.4 Å². The van der Waals surface area contributed by atoms with Crippen LogP contribution in [0, 0.1) is 21.3 Å². The molecule has 1 aliphatic carbocycles. The molecule has 3 N–H and O–H groups in total. The van der Waals surface area contributed by atoms with Crippen LogP contribution >= 0.6 is 0 Å². The number of nitrogens with zero attached hydrogens (tertiary/aromatic N) is 6. The number of alkyl halides is 1. The summed E-state index contributed by atoms with van der Waals surface area (Å²) in [6.45, 7) is 9.10. The number of nitro groups is 1. The second kappa shape index (κ2) is 21.0. The fraction of sp³-hybridized carbons (Fsp3) is 0.411. The fourth-order valence-electron chi connectivity index (χ4n) is 11.9. The molecule has 3 saturated heterocycles. The van der Waals surface area contributed by atoms with E-state index < -0.39 is 48.5 Å². The number of hydrogen-bond donors (Lipinski definition) is 3. The predicted molar refractivity (Wildman–Crippen MR) is 285 cm³/mol. The summed E-state index contributed by atoms with van der Waals surface area (Å²) in [5, 5.41) is 15.8. The van der Waals surface area contributed by atoms with E-state index in [1.54, 1.807) is 25.4 Å². The van der Waals surface area contributed by atoms with Crippen molar-refractivity contribution in [2.24, 2.45) is 5.41 Å². The van der Waals surface area contributed by atoms with Crippen LogP contribution in [-0.4, -0.2) is 115 Å². The Hall–Kier alpha value is -7.20. The van der Waals surface area contributed by atoms with Crippen molar-refractivity contribution in [1.29, 1.82) is 0 Å². The van der Waals surface area contributed by atoms with E-state index in [4.69, 9.17) is 18.6 Å². The van der Waals surface area contributed by atoms with E-state index in [1.165, 1.54) is 29.5 Å². The number of furan rings is 1. The molecule has 1 atom stereocenters. The molecule has 0 radical (unpaired) electrons. The number of sulfonamides is 1. The Morgan fingerprint density at radius 3 is 2.52 bits per heavy atom. The van der Waals surface area contributed by atoms with Crippen molar-refractivity contribution >= 4 is 55.0 Å². The molecule has 0 bridgehead atoms. The highest BCUT2D eigenvalue weighted by atomic mass is 32.2. The van der Waals surface area contributed by atoms with Gasteiger partial charge in [0.1, 0.15) is 33.5 Å². The SMILES string of the molecule is COc1ccc(CN2CCN(C3CC4(CCN(c5cc(Oc6cnc7[nH]ccc7c6)c(C(=O)NS(=O)(=O)c6cc([N+](=O)[O-])c(NCC7(F)CCOCC7)c7occc67)cc5F)CC4)C3)C(c3ccccc3C(C)C)C2)cn1. The molecule has 3 aromatic carbocycles. The topological polar surface area (TPSA) is 211 Å². The van der Waals surface area contributed by atoms with E-state index >= 15 is 8.78 Å². The first kappa shape index (κ1) is 51.9. The molecule has 1 saturated carbocycles. The number of aromatic nitrogens is 3. The Morgan fingerprint density at radius 1 is 0.987 bits per heavy atom. The summed E-state index contributed by atoms with van der Waals surface area (Å²) in [4.78, 5) is 44.3. The maximum absolute atomic E-state index is 16.7. The molecule has 4 aliphatic rings. The molecular formula is C56H61F2N9O9S. The largest absolute Gasteiger partial charge is 0.481 e. The minimum atomic E-state index is -4.94. The lowest BCUT2D eigenvalue weighted by Gasteiger charge is -2.58. The number of pyridine rings is 2. The lowest BCUT2D eigenvalue weighted by molar-refractivity contribution is -0.384. The Labute approximate surface area is 444 Å². The molecule has 7 heterocycles. The zero-order chi connectivity index (χ0) is 53.6. The Morgan fingerprint density at radius 2 is 1.78 bits per heavy atom. The third-order valence-corrected chi connectivity index (χ3v) is 17.5. The van der Waals surface area contributed by atoms with E-state index in [0.29, 0.717) is 42.0 Å². The zero-order valence-corrected chi connectivity index (χ0v) is 43.9. The van der Waals surface area contributed by atoms with Gasteiger partial charge in [0.2, 0.25) is 5.88 Å². The summed E-state index contributed by atoms with van der Waals surface area (Å²) in [5.74, 6) is -1.01. The van der Waals surface area contributed by atoms with E-state index in [2.05, 4.69) is 74.2 Å². The third-order valence-electron chi connectivity index (χ3n) is 16.1. The van der Waals surface area contributed by atoms with Gasteiger partial charge in [0.05, 0.1) is 35.7 Å². The minimum absolute atomic E-state index is 0.0539. The van der Waals surface area contributed by atoms with Gasteiger partial charge in [-0.1, -0.05) is 44.2 Å². The number of piperidine rings is 1. The number of anilines is 2. The van der Waals surface area contributed by atoms with Gasteiger partial charge in [0, 0.05) is 125 Å². The summed E-state index contributed by atoms with van der Waals surface area (Å²) < 4.78 is 85.3. The van der Waals surface area contributed by atoms with Gasteiger partial charge in [0.15, 0.2) is 11.3 Å². The lowest BCUT2D eigenvalue weighted by atomic mass is 9.59. The van der Waals surface area contributed by atoms with Crippen molar-refractivity contribution in [3.63, 3.8) is 0 Å². The van der Waals surface area contributed by atoms with Gasteiger partial charge >= 0.3 is 0 Å². The number of aromatic amines is 1. The second-order valence-electron chi connectivity index (χ2n) is 21.3. The van der Waals surface area contributed by atoms with E-state index in [9.17, 15) is 23.3 Å². The van der Waals surface area contributed by atoms with Gasteiger partial charge in [0.25, 0.3) is 21.6 Å². The summed E-state index contributed by atoms with van der Waals surface area (Å²) >= 11 is 0. The molecule has 77 heavy (non-hydrogen) atoms. The number of fused-ring (bicyclic) bond motifs is 2. The number of halogens is 2. The smallest absolute Gasteiger partial charge is 0.297 e. The van der Waals surface area contributed by atoms with Crippen molar-refractivity contribution in [3.8, 4) is 17.4 Å². The van der Waals surface area contributed by atoms with Gasteiger partial charge in [-0.15, -0.1) is 0 Å². The van der Waals surface area contributed by atoms with Gasteiger partial charge in [-0.25, -0.2) is 31.9 Å². The maximum Gasteiger partial charge on any atom is 0.297 e. The van der Waals surface area contributed by atoms with Crippen molar-refractivity contribution < 1.29 is 45.5 Å². The molecule has 11 rings (SSSR count). The number of rotatable bonds is 16. The standard InChI is InChI=1S/C56H61F2N9O9S/c1-35(2)40-6-4-5-7-41(40)47-33-64(32-36-8-9-50(73-3)60-30-36)19-20-66(47)38-28-55(29-38)12-17-65(18-13-55)45-26-48(76-39-24-37-10-16-59-53(37)61-31-39)43(25-44(45)57)54(68)63-77(71,72)49-27-46(67(69)70)51(52-42(49)11-21-75-52)62-34-56(58)14-22-74-23-15-56/h4-11,16,21,24-27,30-31,35,38,47,62H,12-15,17-20,22-23,28-29,32-34H2,1-3H3,(H,59,61)(H,63,68). The molecule has 4 aromatic heterocycles. The molecule has 1 unspecified atom stereocenters. The number of nitrogens with one attached hydrogen (secondary N) is 3. The van der Waals surface area contributed by atoms with E-state index in [1.807, 2.05) is 21.9 Å². The van der Waals surface area contributed by atoms with Crippen LogP contribution in [0.25, 0.3) is 22.0 Å². The van der Waals surface area contributed by atoms with E-state index in [0.717, 1.165) is 75.8 Å². The summed E-state index contributed by atoms with van der Waals surface area (Å²) in [5.41, 5.74) is 1.32. The first-order valence-electron chi connectivity index (χ1n) is 26.1. The highest BCUT2D eigenvalue weighted by molar-refractivity contribution is 7.90. The van der Waals surface area contributed by atoms with Gasteiger partial charge in [-0.2, -0.15) is 0 Å². The quantitative estimate of drug-likeness (QED) is 0.0607. The number of ether oxygens (including phenoxy) is 3. The molecular weight excluding hydrogens is 1010 g/mol. The Balaban J connectivity index is 0.823. The molecule has 18 nitrogen and oxygen atoms in total. The van der Waals surface area contributed by atoms with Gasteiger partial charge in [-0.05, 0) is 78.0 Å². The monoisotopic (exact) mass is 1070 g/mol. The van der Waals surface area contributed by atoms with Crippen LogP contribution in [0.2, 0.25) is 0 Å². The normalized spacial score (nSPS) is 19.1. The average molecular weight is 1070 g/mol. The third kappa shape index (κ3) is 10.5.